The van der Waals surface area contributed by atoms with E-state index in [2.05, 4.69) is 29.9 Å². The van der Waals surface area contributed by atoms with E-state index < -0.39 is 0 Å². The van der Waals surface area contributed by atoms with Crippen LogP contribution < -0.4 is 0 Å². The molecule has 0 aromatic rings. The fraction of sp³-hybridized carbons (Fsp3) is 0.733. The van der Waals surface area contributed by atoms with Gasteiger partial charge >= 0.3 is 18.0 Å². The van der Waals surface area contributed by atoms with E-state index in [0.29, 0.717) is 13.2 Å². The molecule has 0 aromatic carbocycles. The van der Waals surface area contributed by atoms with Crippen molar-refractivity contribution in [1.82, 2.24) is 0 Å². The molecule has 2 unspecified atom stereocenters. The van der Waals surface area contributed by atoms with E-state index in [0.717, 1.165) is 18.2 Å². The van der Waals surface area contributed by atoms with Gasteiger partial charge in [0.25, 0.3) is 0 Å². The molecule has 0 saturated carbocycles. The zero-order valence-electron chi connectivity index (χ0n) is 14.1. The van der Waals surface area contributed by atoms with Crippen molar-refractivity contribution in [3.8, 4) is 0 Å². The number of hydrogen-bond donors (Lipinski definition) is 0. The smallest absolute Gasteiger partial charge is 0.354 e. The maximum atomic E-state index is 5.62. The minimum absolute atomic E-state index is 0. The SMILES string of the molecule is CC.CC.[CH2-]C1COC2=[N+]1C(C)[N+]1=C(C2)OCC1[CH2-].[Y].[Y]. The number of ether oxygens (including phenoxy) is 2. The molecule has 0 saturated heterocycles. The van der Waals surface area contributed by atoms with Crippen molar-refractivity contribution in [1.29, 1.82) is 0 Å². The molecular formula is C15H28N2O2Y2. The van der Waals surface area contributed by atoms with Gasteiger partial charge in [-0.15, -0.1) is 0 Å². The van der Waals surface area contributed by atoms with Crippen molar-refractivity contribution < 1.29 is 84.0 Å². The molecule has 0 bridgehead atoms. The molecule has 0 aliphatic carbocycles. The molecule has 116 valence electrons. The molecule has 0 aromatic heterocycles. The van der Waals surface area contributed by atoms with Gasteiger partial charge in [0.05, 0.1) is 19.0 Å². The third-order valence-corrected chi connectivity index (χ3v) is 3.36. The van der Waals surface area contributed by atoms with Crippen LogP contribution in [0.1, 0.15) is 41.0 Å². The first kappa shape index (κ1) is 24.4. The molecule has 0 fully saturated rings. The van der Waals surface area contributed by atoms with Crippen LogP contribution in [-0.4, -0.2) is 52.4 Å². The largest absolute Gasteiger partial charge is 0.444 e. The Morgan fingerprint density at radius 2 is 1.19 bits per heavy atom. The van der Waals surface area contributed by atoms with Gasteiger partial charge in [-0.1, -0.05) is 27.7 Å². The first-order chi connectivity index (χ1) is 9.18. The third kappa shape index (κ3) is 5.06. The summed E-state index contributed by atoms with van der Waals surface area (Å²) >= 11 is 0. The summed E-state index contributed by atoms with van der Waals surface area (Å²) in [6.07, 6.45) is 1.00. The summed E-state index contributed by atoms with van der Waals surface area (Å²) in [6, 6.07) is 0.425. The molecule has 3 aliphatic rings. The van der Waals surface area contributed by atoms with Crippen LogP contribution >= 0.6 is 0 Å². The van der Waals surface area contributed by atoms with Crippen LogP contribution in [0.3, 0.4) is 0 Å². The maximum absolute atomic E-state index is 5.62. The first-order valence-electron chi connectivity index (χ1n) is 7.38. The van der Waals surface area contributed by atoms with E-state index in [-0.39, 0.29) is 83.7 Å². The summed E-state index contributed by atoms with van der Waals surface area (Å²) in [5.41, 5.74) is 0. The van der Waals surface area contributed by atoms with Crippen molar-refractivity contribution in [2.24, 2.45) is 0 Å². The van der Waals surface area contributed by atoms with Gasteiger partial charge in [-0.3, -0.25) is 13.8 Å². The molecule has 4 nitrogen and oxygen atoms in total. The number of rotatable bonds is 0. The molecule has 0 amide bonds. The summed E-state index contributed by atoms with van der Waals surface area (Å²) in [5.74, 6) is 2.01. The molecule has 6 heteroatoms. The Bertz CT molecular complexity index is 350. The summed E-state index contributed by atoms with van der Waals surface area (Å²) in [4.78, 5) is 0. The van der Waals surface area contributed by atoms with Gasteiger partial charge in [0, 0.05) is 65.4 Å². The molecule has 21 heavy (non-hydrogen) atoms. The van der Waals surface area contributed by atoms with Crippen LogP contribution in [0, 0.1) is 13.8 Å². The molecule has 3 heterocycles. The molecule has 2 radical (unpaired) electrons. The Hall–Kier alpha value is 1.15. The van der Waals surface area contributed by atoms with Crippen LogP contribution in [0.2, 0.25) is 0 Å². The minimum Gasteiger partial charge on any atom is -0.444 e. The van der Waals surface area contributed by atoms with Gasteiger partial charge in [-0.05, 0) is 0 Å². The second-order valence-corrected chi connectivity index (χ2v) is 4.34. The topological polar surface area (TPSA) is 24.5 Å². The van der Waals surface area contributed by atoms with E-state index in [1.54, 1.807) is 0 Å². The molecule has 3 aliphatic heterocycles. The van der Waals surface area contributed by atoms with Gasteiger partial charge in [0.1, 0.15) is 13.2 Å². The second kappa shape index (κ2) is 11.6. The normalized spacial score (nSPS) is 28.2. The average molecular weight is 446 g/mol. The Labute approximate surface area is 180 Å². The Morgan fingerprint density at radius 1 is 0.857 bits per heavy atom. The summed E-state index contributed by atoms with van der Waals surface area (Å²) in [6.45, 7) is 19.7. The van der Waals surface area contributed by atoms with E-state index in [1.807, 2.05) is 27.7 Å². The molecule has 0 N–H and O–H groups in total. The second-order valence-electron chi connectivity index (χ2n) is 4.34. The Kier molecular flexibility index (Phi) is 13.5. The molecule has 2 atom stereocenters. The predicted octanol–water partition coefficient (Wildman–Crippen LogP) is 2.07. The van der Waals surface area contributed by atoms with Gasteiger partial charge < -0.3 is 9.47 Å². The van der Waals surface area contributed by atoms with Crippen LogP contribution in [0.4, 0.5) is 0 Å². The van der Waals surface area contributed by atoms with Crippen LogP contribution in [0.5, 0.6) is 0 Å². The summed E-state index contributed by atoms with van der Waals surface area (Å²) in [7, 11) is 0. The van der Waals surface area contributed by atoms with Crippen molar-refractivity contribution in [2.45, 2.75) is 59.3 Å². The Balaban J connectivity index is 0. The van der Waals surface area contributed by atoms with E-state index in [1.165, 1.54) is 0 Å². The van der Waals surface area contributed by atoms with Crippen molar-refractivity contribution >= 4 is 11.8 Å². The number of nitrogens with zero attached hydrogens (tertiary/aromatic N) is 2. The third-order valence-electron chi connectivity index (χ3n) is 3.36. The maximum Gasteiger partial charge on any atom is 0.354 e. The van der Waals surface area contributed by atoms with Crippen molar-refractivity contribution in [3.63, 3.8) is 0 Å². The van der Waals surface area contributed by atoms with Crippen molar-refractivity contribution in [2.75, 3.05) is 13.2 Å². The summed E-state index contributed by atoms with van der Waals surface area (Å²) < 4.78 is 15.7. The molecular weight excluding hydrogens is 418 g/mol. The zero-order chi connectivity index (χ0) is 14.6. The zero-order valence-corrected chi connectivity index (χ0v) is 19.8. The van der Waals surface area contributed by atoms with Gasteiger partial charge in [-0.25, -0.2) is 0 Å². The fourth-order valence-electron chi connectivity index (χ4n) is 2.68. The minimum atomic E-state index is 0. The van der Waals surface area contributed by atoms with E-state index >= 15 is 0 Å². The monoisotopic (exact) mass is 446 g/mol. The average Bonchev–Trinajstić information content (AvgIpc) is 3.00. The van der Waals surface area contributed by atoms with Gasteiger partial charge in [0.2, 0.25) is 0 Å². The van der Waals surface area contributed by atoms with Crippen LogP contribution in [0.25, 0.3) is 0 Å². The Morgan fingerprint density at radius 3 is 1.52 bits per heavy atom. The van der Waals surface area contributed by atoms with E-state index in [9.17, 15) is 0 Å². The standard InChI is InChI=1S/C11H16N2O2.2C2H6.2Y/c1-7-5-14-10-4-11-13(8(2)6-15-11)9(3)12(7)10;2*1-2;;/h7-9H,1-2,4-6H2,3H3;2*1-2H3;;. The van der Waals surface area contributed by atoms with Gasteiger partial charge in [0.15, 0.2) is 6.42 Å². The molecule has 3 rings (SSSR count). The number of hydrogen-bond acceptors (Lipinski definition) is 2. The van der Waals surface area contributed by atoms with Crippen LogP contribution in [0.15, 0.2) is 0 Å². The quantitative estimate of drug-likeness (QED) is 0.421. The van der Waals surface area contributed by atoms with E-state index in [4.69, 9.17) is 9.47 Å². The van der Waals surface area contributed by atoms with Gasteiger partial charge in [-0.2, -0.15) is 9.15 Å². The summed E-state index contributed by atoms with van der Waals surface area (Å²) in [5, 5.41) is 0. The first-order valence-corrected chi connectivity index (χ1v) is 7.38. The fourth-order valence-corrected chi connectivity index (χ4v) is 2.68. The van der Waals surface area contributed by atoms with Crippen molar-refractivity contribution in [3.05, 3.63) is 13.8 Å². The molecule has 0 spiro atoms. The van der Waals surface area contributed by atoms with Crippen LogP contribution in [-0.2, 0) is 74.9 Å². The predicted molar refractivity (Wildman–Crippen MR) is 77.5 cm³/mol.